The first-order valence-electron chi connectivity index (χ1n) is 14.9. The number of anilines is 1. The van der Waals surface area contributed by atoms with E-state index in [0.717, 1.165) is 15.4 Å². The lowest BCUT2D eigenvalue weighted by molar-refractivity contribution is -0.140. The van der Waals surface area contributed by atoms with Gasteiger partial charge in [-0.3, -0.25) is 13.9 Å². The van der Waals surface area contributed by atoms with Crippen molar-refractivity contribution in [2.45, 2.75) is 57.1 Å². The van der Waals surface area contributed by atoms with Gasteiger partial charge in [0.1, 0.15) is 12.6 Å². The Kier molecular flexibility index (Phi) is 12.6. The van der Waals surface area contributed by atoms with Crippen molar-refractivity contribution in [2.75, 3.05) is 10.8 Å². The quantitative estimate of drug-likeness (QED) is 0.150. The number of hydrogen-bond acceptors (Lipinski definition) is 4. The Bertz CT molecular complexity index is 1800. The van der Waals surface area contributed by atoms with Crippen molar-refractivity contribution < 1.29 is 18.0 Å². The molecule has 0 spiro atoms. The highest BCUT2D eigenvalue weighted by atomic mass is 35.5. The summed E-state index contributed by atoms with van der Waals surface area (Å²) in [6, 6.07) is 23.5. The Morgan fingerprint density at radius 1 is 0.830 bits per heavy atom. The lowest BCUT2D eigenvalue weighted by Gasteiger charge is -2.35. The van der Waals surface area contributed by atoms with Gasteiger partial charge in [-0.1, -0.05) is 107 Å². The van der Waals surface area contributed by atoms with Crippen molar-refractivity contribution in [3.05, 3.63) is 128 Å². The smallest absolute Gasteiger partial charge is 0.264 e. The normalized spacial score (nSPS) is 12.7. The van der Waals surface area contributed by atoms with E-state index in [2.05, 4.69) is 5.32 Å². The van der Waals surface area contributed by atoms with E-state index in [1.54, 1.807) is 30.3 Å². The summed E-state index contributed by atoms with van der Waals surface area (Å²) >= 11 is 26.0. The number of hydrogen-bond donors (Lipinski definition) is 1. The monoisotopic (exact) mass is 733 g/mol. The number of rotatable bonds is 13. The van der Waals surface area contributed by atoms with Crippen LogP contribution in [0.1, 0.15) is 37.0 Å². The maximum atomic E-state index is 14.7. The zero-order valence-corrected chi connectivity index (χ0v) is 29.9. The molecule has 47 heavy (non-hydrogen) atoms. The predicted octanol–water partition coefficient (Wildman–Crippen LogP) is 8.36. The molecule has 0 unspecified atom stereocenters. The van der Waals surface area contributed by atoms with Crippen molar-refractivity contribution in [3.63, 3.8) is 0 Å². The Morgan fingerprint density at radius 3 is 2.09 bits per heavy atom. The minimum Gasteiger partial charge on any atom is -0.352 e. The van der Waals surface area contributed by atoms with Gasteiger partial charge in [0.15, 0.2) is 0 Å². The predicted molar refractivity (Wildman–Crippen MR) is 191 cm³/mol. The molecule has 2 amide bonds. The van der Waals surface area contributed by atoms with Crippen LogP contribution < -0.4 is 9.62 Å². The van der Waals surface area contributed by atoms with Gasteiger partial charge < -0.3 is 10.2 Å². The van der Waals surface area contributed by atoms with Crippen molar-refractivity contribution >= 4 is 73.9 Å². The second-order valence-corrected chi connectivity index (χ2v) is 14.7. The summed E-state index contributed by atoms with van der Waals surface area (Å²) in [6.45, 7) is 4.75. The van der Waals surface area contributed by atoms with Gasteiger partial charge in [0, 0.05) is 39.6 Å². The van der Waals surface area contributed by atoms with Crippen LogP contribution in [0.15, 0.2) is 95.9 Å². The summed E-state index contributed by atoms with van der Waals surface area (Å²) in [5.74, 6) is -1.10. The summed E-state index contributed by atoms with van der Waals surface area (Å²) in [6.07, 6.45) is 0.795. The molecule has 0 aliphatic heterocycles. The van der Waals surface area contributed by atoms with E-state index >= 15 is 0 Å². The van der Waals surface area contributed by atoms with Gasteiger partial charge in [-0.2, -0.15) is 0 Å². The fourth-order valence-corrected chi connectivity index (χ4v) is 7.25. The summed E-state index contributed by atoms with van der Waals surface area (Å²) < 4.78 is 29.4. The number of sulfonamides is 1. The van der Waals surface area contributed by atoms with Gasteiger partial charge in [-0.25, -0.2) is 8.42 Å². The Morgan fingerprint density at radius 2 is 1.47 bits per heavy atom. The van der Waals surface area contributed by atoms with Gasteiger partial charge in [-0.05, 0) is 68.3 Å². The van der Waals surface area contributed by atoms with Crippen LogP contribution in [0.25, 0.3) is 0 Å². The Hall–Kier alpha value is -3.27. The van der Waals surface area contributed by atoms with E-state index in [4.69, 9.17) is 46.4 Å². The average Bonchev–Trinajstić information content (AvgIpc) is 3.04. The SMILES string of the molecule is CC[C@H](C)NC(=O)[C@@H](Cc1ccccc1)N(Cc1c(Cl)cccc1Cl)C(=O)CN(c1cc(Cl)ccc1Cl)S(=O)(=O)c1ccc(C)cc1. The topological polar surface area (TPSA) is 86.8 Å². The molecule has 4 aromatic carbocycles. The Balaban J connectivity index is 1.87. The molecule has 2 atom stereocenters. The number of benzene rings is 4. The van der Waals surface area contributed by atoms with Crippen LogP contribution in [0.3, 0.4) is 0 Å². The molecule has 0 aromatic heterocycles. The highest BCUT2D eigenvalue weighted by molar-refractivity contribution is 7.92. The van der Waals surface area contributed by atoms with Crippen LogP contribution in [-0.2, 0) is 32.6 Å². The lowest BCUT2D eigenvalue weighted by Crippen LogP contribution is -2.54. The van der Waals surface area contributed by atoms with Crippen LogP contribution in [0.5, 0.6) is 0 Å². The van der Waals surface area contributed by atoms with Crippen LogP contribution in [0.2, 0.25) is 20.1 Å². The summed E-state index contributed by atoms with van der Waals surface area (Å²) in [4.78, 5) is 29.9. The molecule has 0 aliphatic rings. The average molecular weight is 736 g/mol. The molecule has 0 heterocycles. The molecule has 0 fully saturated rings. The Labute approximate surface area is 296 Å². The number of amides is 2. The second-order valence-electron chi connectivity index (χ2n) is 11.2. The lowest BCUT2D eigenvalue weighted by atomic mass is 10.0. The standard InChI is InChI=1S/C35H35Cl4N3O4S/c1-4-24(3)40-35(44)33(19-25-9-6-5-7-10-25)41(21-28-29(37)11-8-12-30(28)38)34(43)22-42(32-20-26(36)15-18-31(32)39)47(45,46)27-16-13-23(2)14-17-27/h5-18,20,24,33H,4,19,21-22H2,1-3H3,(H,40,44)/t24-,33+/m0/s1. The molecule has 0 aliphatic carbocycles. The van der Waals surface area contributed by atoms with Crippen molar-refractivity contribution in [1.29, 1.82) is 0 Å². The molecule has 7 nitrogen and oxygen atoms in total. The summed E-state index contributed by atoms with van der Waals surface area (Å²) in [7, 11) is -4.37. The first-order valence-corrected chi connectivity index (χ1v) is 17.9. The number of nitrogens with zero attached hydrogens (tertiary/aromatic N) is 2. The van der Waals surface area contributed by atoms with Crippen molar-refractivity contribution in [3.8, 4) is 0 Å². The molecule has 0 radical (unpaired) electrons. The summed E-state index contributed by atoms with van der Waals surface area (Å²) in [5.41, 5.74) is 2.06. The molecule has 248 valence electrons. The molecular formula is C35H35Cl4N3O4S. The molecule has 12 heteroatoms. The third kappa shape index (κ3) is 9.21. The summed E-state index contributed by atoms with van der Waals surface area (Å²) in [5, 5.41) is 3.86. The van der Waals surface area contributed by atoms with E-state index < -0.39 is 34.4 Å². The molecule has 1 N–H and O–H groups in total. The number of aryl methyl sites for hydroxylation is 1. The van der Waals surface area contributed by atoms with Crippen LogP contribution in [-0.4, -0.2) is 43.8 Å². The largest absolute Gasteiger partial charge is 0.352 e. The van der Waals surface area contributed by atoms with E-state index in [9.17, 15) is 18.0 Å². The molecule has 0 saturated carbocycles. The molecule has 0 saturated heterocycles. The number of carbonyl (C=O) groups is 2. The van der Waals surface area contributed by atoms with Crippen molar-refractivity contribution in [1.82, 2.24) is 10.2 Å². The molecule has 4 aromatic rings. The first-order chi connectivity index (χ1) is 22.3. The van der Waals surface area contributed by atoms with E-state index in [-0.39, 0.29) is 49.7 Å². The number of carbonyl (C=O) groups excluding carboxylic acids is 2. The second kappa shape index (κ2) is 16.2. The van der Waals surface area contributed by atoms with Gasteiger partial charge >= 0.3 is 0 Å². The number of nitrogens with one attached hydrogen (secondary N) is 1. The number of halogens is 4. The first kappa shape index (κ1) is 36.6. The maximum Gasteiger partial charge on any atom is 0.264 e. The zero-order chi connectivity index (χ0) is 34.3. The van der Waals surface area contributed by atoms with Crippen LogP contribution >= 0.6 is 46.4 Å². The third-order valence-corrected chi connectivity index (χ3v) is 10.8. The maximum absolute atomic E-state index is 14.7. The van der Waals surface area contributed by atoms with Crippen LogP contribution in [0, 0.1) is 6.92 Å². The van der Waals surface area contributed by atoms with Crippen molar-refractivity contribution in [2.24, 2.45) is 0 Å². The molecular weight excluding hydrogens is 700 g/mol. The third-order valence-electron chi connectivity index (χ3n) is 7.73. The van der Waals surface area contributed by atoms with Crippen LogP contribution in [0.4, 0.5) is 5.69 Å². The minimum absolute atomic E-state index is 0.00693. The van der Waals surface area contributed by atoms with Gasteiger partial charge in [0.05, 0.1) is 15.6 Å². The molecule has 0 bridgehead atoms. The van der Waals surface area contributed by atoms with Gasteiger partial charge in [0.25, 0.3) is 10.0 Å². The molecule has 4 rings (SSSR count). The van der Waals surface area contributed by atoms with E-state index in [0.29, 0.717) is 12.0 Å². The highest BCUT2D eigenvalue weighted by Crippen LogP contribution is 2.34. The van der Waals surface area contributed by atoms with Gasteiger partial charge in [0.2, 0.25) is 11.8 Å². The minimum atomic E-state index is -4.37. The fraction of sp³-hybridized carbons (Fsp3) is 0.257. The fourth-order valence-electron chi connectivity index (χ4n) is 4.88. The van der Waals surface area contributed by atoms with E-state index in [1.807, 2.05) is 51.1 Å². The highest BCUT2D eigenvalue weighted by Gasteiger charge is 2.36. The van der Waals surface area contributed by atoms with Gasteiger partial charge in [-0.15, -0.1) is 0 Å². The van der Waals surface area contributed by atoms with E-state index in [1.165, 1.54) is 35.2 Å². The zero-order valence-electron chi connectivity index (χ0n) is 26.1.